The first-order valence-corrected chi connectivity index (χ1v) is 7.86. The van der Waals surface area contributed by atoms with Gasteiger partial charge in [-0.1, -0.05) is 12.1 Å². The smallest absolute Gasteiger partial charge is 0.251 e. The Balaban J connectivity index is 2.05. The Labute approximate surface area is 142 Å². The quantitative estimate of drug-likeness (QED) is 0.885. The van der Waals surface area contributed by atoms with Crippen molar-refractivity contribution < 1.29 is 9.18 Å². The molecule has 0 spiro atoms. The highest BCUT2D eigenvalue weighted by atomic mass is 19.1. The summed E-state index contributed by atoms with van der Waals surface area (Å²) in [5.74, 6) is -0.550. The largest absolute Gasteiger partial charge is 0.378 e. The zero-order valence-corrected chi connectivity index (χ0v) is 14.6. The van der Waals surface area contributed by atoms with Gasteiger partial charge in [0.25, 0.3) is 5.91 Å². The summed E-state index contributed by atoms with van der Waals surface area (Å²) < 4.78 is 12.9. The third-order valence-electron chi connectivity index (χ3n) is 3.98. The first kappa shape index (κ1) is 17.9. The number of likely N-dealkylation sites (N-methyl/N-ethyl adjacent to an activating group) is 1. The van der Waals surface area contributed by atoms with Crippen LogP contribution in [0.15, 0.2) is 48.5 Å². The van der Waals surface area contributed by atoms with Gasteiger partial charge in [-0.05, 0) is 56.1 Å². The summed E-state index contributed by atoms with van der Waals surface area (Å²) in [7, 11) is 7.96. The van der Waals surface area contributed by atoms with Gasteiger partial charge in [-0.25, -0.2) is 4.39 Å². The van der Waals surface area contributed by atoms with E-state index in [1.165, 1.54) is 24.3 Å². The van der Waals surface area contributed by atoms with Crippen molar-refractivity contribution in [1.82, 2.24) is 10.2 Å². The molecule has 4 nitrogen and oxygen atoms in total. The Hall–Kier alpha value is -2.40. The van der Waals surface area contributed by atoms with E-state index in [1.54, 1.807) is 0 Å². The van der Waals surface area contributed by atoms with Crippen LogP contribution in [0.1, 0.15) is 22.0 Å². The van der Waals surface area contributed by atoms with E-state index in [4.69, 9.17) is 0 Å². The summed E-state index contributed by atoms with van der Waals surface area (Å²) in [5.41, 5.74) is 2.72. The predicted molar refractivity (Wildman–Crippen MR) is 95.9 cm³/mol. The number of amides is 1. The number of carbonyl (C=O) groups excluding carboxylic acids is 1. The van der Waals surface area contributed by atoms with Gasteiger partial charge in [-0.2, -0.15) is 0 Å². The topological polar surface area (TPSA) is 35.6 Å². The monoisotopic (exact) mass is 329 g/mol. The van der Waals surface area contributed by atoms with E-state index < -0.39 is 0 Å². The van der Waals surface area contributed by atoms with Gasteiger partial charge in [0.2, 0.25) is 0 Å². The van der Waals surface area contributed by atoms with Crippen molar-refractivity contribution in [2.45, 2.75) is 6.04 Å². The minimum absolute atomic E-state index is 0.0608. The number of hydrogen-bond donors (Lipinski definition) is 1. The predicted octanol–water partition coefficient (Wildman–Crippen LogP) is 2.92. The van der Waals surface area contributed by atoms with Gasteiger partial charge in [-0.15, -0.1) is 0 Å². The maximum Gasteiger partial charge on any atom is 0.251 e. The number of anilines is 1. The van der Waals surface area contributed by atoms with Gasteiger partial charge in [0.1, 0.15) is 5.82 Å². The van der Waals surface area contributed by atoms with Crippen LogP contribution in [0, 0.1) is 5.82 Å². The molecule has 0 bridgehead atoms. The molecule has 0 aromatic heterocycles. The number of benzene rings is 2. The summed E-state index contributed by atoms with van der Waals surface area (Å²) in [6, 6.07) is 13.9. The van der Waals surface area contributed by atoms with Gasteiger partial charge in [0.05, 0.1) is 6.04 Å². The Bertz CT molecular complexity index is 666. The van der Waals surface area contributed by atoms with Gasteiger partial charge in [-0.3, -0.25) is 4.79 Å². The summed E-state index contributed by atoms with van der Waals surface area (Å²) in [5, 5.41) is 2.92. The molecule has 0 radical (unpaired) electrons. The summed E-state index contributed by atoms with van der Waals surface area (Å²) >= 11 is 0. The number of carbonyl (C=O) groups is 1. The molecule has 2 aromatic rings. The van der Waals surface area contributed by atoms with Crippen LogP contribution in [0.25, 0.3) is 0 Å². The molecule has 0 heterocycles. The molecule has 1 amide bonds. The molecule has 1 atom stereocenters. The Morgan fingerprint density at radius 1 is 1.00 bits per heavy atom. The van der Waals surface area contributed by atoms with E-state index in [-0.39, 0.29) is 17.8 Å². The van der Waals surface area contributed by atoms with Crippen molar-refractivity contribution in [1.29, 1.82) is 0 Å². The van der Waals surface area contributed by atoms with Crippen molar-refractivity contribution in [2.75, 3.05) is 39.6 Å². The molecule has 2 aromatic carbocycles. The lowest BCUT2D eigenvalue weighted by atomic mass is 10.0. The fourth-order valence-electron chi connectivity index (χ4n) is 2.49. The van der Waals surface area contributed by atoms with Crippen LogP contribution in [0.2, 0.25) is 0 Å². The third kappa shape index (κ3) is 4.55. The van der Waals surface area contributed by atoms with Crippen LogP contribution in [0.3, 0.4) is 0 Å². The fourth-order valence-corrected chi connectivity index (χ4v) is 2.49. The highest BCUT2D eigenvalue weighted by Gasteiger charge is 2.16. The molecular formula is C19H24FN3O. The standard InChI is InChI=1S/C19H24FN3O/c1-22(2)17-11-7-14(8-12-17)18(23(3)4)13-21-19(24)15-5-9-16(20)10-6-15/h5-12,18H,13H2,1-4H3,(H,21,24)/t18-/m1/s1. The fraction of sp³-hybridized carbons (Fsp3) is 0.316. The van der Waals surface area contributed by atoms with E-state index in [0.29, 0.717) is 12.1 Å². The van der Waals surface area contributed by atoms with Crippen molar-refractivity contribution >= 4 is 11.6 Å². The molecular weight excluding hydrogens is 305 g/mol. The SMILES string of the molecule is CN(C)c1ccc([C@@H](CNC(=O)c2ccc(F)cc2)N(C)C)cc1. The molecule has 0 aliphatic carbocycles. The van der Waals surface area contributed by atoms with E-state index in [9.17, 15) is 9.18 Å². The van der Waals surface area contributed by atoms with Crippen molar-refractivity contribution in [3.8, 4) is 0 Å². The van der Waals surface area contributed by atoms with Gasteiger partial charge >= 0.3 is 0 Å². The van der Waals surface area contributed by atoms with E-state index >= 15 is 0 Å². The Morgan fingerprint density at radius 2 is 1.58 bits per heavy atom. The van der Waals surface area contributed by atoms with E-state index in [2.05, 4.69) is 34.5 Å². The average Bonchev–Trinajstić information content (AvgIpc) is 2.55. The lowest BCUT2D eigenvalue weighted by Crippen LogP contribution is -2.34. The zero-order valence-electron chi connectivity index (χ0n) is 14.6. The Kier molecular flexibility index (Phi) is 5.93. The van der Waals surface area contributed by atoms with Crippen LogP contribution >= 0.6 is 0 Å². The normalized spacial score (nSPS) is 12.1. The van der Waals surface area contributed by atoms with Crippen LogP contribution in [0.5, 0.6) is 0 Å². The zero-order chi connectivity index (χ0) is 17.7. The maximum absolute atomic E-state index is 12.9. The van der Waals surface area contributed by atoms with Gasteiger partial charge in [0, 0.05) is 31.9 Å². The molecule has 5 heteroatoms. The van der Waals surface area contributed by atoms with Gasteiger partial charge < -0.3 is 15.1 Å². The first-order valence-electron chi connectivity index (χ1n) is 7.86. The molecule has 0 aliphatic heterocycles. The highest BCUT2D eigenvalue weighted by Crippen LogP contribution is 2.21. The van der Waals surface area contributed by atoms with Crippen LogP contribution < -0.4 is 10.2 Å². The summed E-state index contributed by atoms with van der Waals surface area (Å²) in [6.45, 7) is 0.477. The highest BCUT2D eigenvalue weighted by molar-refractivity contribution is 5.94. The maximum atomic E-state index is 12.9. The second-order valence-corrected chi connectivity index (χ2v) is 6.18. The second-order valence-electron chi connectivity index (χ2n) is 6.18. The summed E-state index contributed by atoms with van der Waals surface area (Å²) in [6.07, 6.45) is 0. The number of nitrogens with one attached hydrogen (secondary N) is 1. The minimum atomic E-state index is -0.348. The first-order chi connectivity index (χ1) is 11.4. The Morgan fingerprint density at radius 3 is 2.08 bits per heavy atom. The molecule has 0 aliphatic rings. The molecule has 0 saturated heterocycles. The van der Waals surface area contributed by atoms with Crippen molar-refractivity contribution in [2.24, 2.45) is 0 Å². The molecule has 0 unspecified atom stereocenters. The number of halogens is 1. The number of nitrogens with zero attached hydrogens (tertiary/aromatic N) is 2. The molecule has 128 valence electrons. The lowest BCUT2D eigenvalue weighted by molar-refractivity contribution is 0.0942. The summed E-state index contributed by atoms with van der Waals surface area (Å²) in [4.78, 5) is 16.3. The number of hydrogen-bond acceptors (Lipinski definition) is 3. The average molecular weight is 329 g/mol. The minimum Gasteiger partial charge on any atom is -0.378 e. The van der Waals surface area contributed by atoms with Crippen LogP contribution in [-0.2, 0) is 0 Å². The van der Waals surface area contributed by atoms with Crippen LogP contribution in [0.4, 0.5) is 10.1 Å². The molecule has 0 saturated carbocycles. The number of rotatable bonds is 6. The lowest BCUT2D eigenvalue weighted by Gasteiger charge is -2.25. The van der Waals surface area contributed by atoms with Crippen molar-refractivity contribution in [3.05, 3.63) is 65.5 Å². The van der Waals surface area contributed by atoms with Gasteiger partial charge in [0.15, 0.2) is 0 Å². The van der Waals surface area contributed by atoms with Crippen LogP contribution in [-0.4, -0.2) is 45.5 Å². The van der Waals surface area contributed by atoms with E-state index in [1.807, 2.05) is 33.1 Å². The second kappa shape index (κ2) is 7.93. The van der Waals surface area contributed by atoms with Crippen molar-refractivity contribution in [3.63, 3.8) is 0 Å². The molecule has 0 fully saturated rings. The molecule has 24 heavy (non-hydrogen) atoms. The van der Waals surface area contributed by atoms with E-state index in [0.717, 1.165) is 11.3 Å². The third-order valence-corrected chi connectivity index (χ3v) is 3.98. The molecule has 1 N–H and O–H groups in total. The molecule has 2 rings (SSSR count).